The van der Waals surface area contributed by atoms with Gasteiger partial charge in [0.25, 0.3) is 0 Å². The predicted octanol–water partition coefficient (Wildman–Crippen LogP) is 4.06. The van der Waals surface area contributed by atoms with Crippen LogP contribution in [0.2, 0.25) is 0 Å². The number of aryl methyl sites for hydroxylation is 1. The molecule has 1 fully saturated rings. The van der Waals surface area contributed by atoms with Crippen LogP contribution in [-0.4, -0.2) is 25.8 Å². The van der Waals surface area contributed by atoms with E-state index in [9.17, 15) is 8.42 Å². The lowest BCUT2D eigenvalue weighted by Crippen LogP contribution is -2.32. The van der Waals surface area contributed by atoms with Crippen LogP contribution in [0.15, 0.2) is 53.0 Å². The Balaban J connectivity index is 1.98. The largest absolute Gasteiger partial charge is 0.243 e. The van der Waals surface area contributed by atoms with Gasteiger partial charge in [0.1, 0.15) is 0 Å². The molecule has 0 aromatic heterocycles. The monoisotopic (exact) mass is 331 g/mol. The maximum absolute atomic E-state index is 13.0. The van der Waals surface area contributed by atoms with E-state index < -0.39 is 10.0 Å². The van der Waals surface area contributed by atoms with Gasteiger partial charge in [-0.1, -0.05) is 29.3 Å². The first-order valence-electron chi connectivity index (χ1n) is 8.26. The molecule has 4 heteroatoms. The third-order valence-electron chi connectivity index (χ3n) is 5.37. The topological polar surface area (TPSA) is 37.4 Å². The summed E-state index contributed by atoms with van der Waals surface area (Å²) in [5.41, 5.74) is 3.75. The Morgan fingerprint density at radius 2 is 1.96 bits per heavy atom. The molecule has 1 atom stereocenters. The molecule has 1 aromatic rings. The predicted molar refractivity (Wildman–Crippen MR) is 93.7 cm³/mol. The summed E-state index contributed by atoms with van der Waals surface area (Å²) in [5.74, 6) is 0. The van der Waals surface area contributed by atoms with Crippen molar-refractivity contribution >= 4 is 10.0 Å². The standard InChI is InChI=1S/C19H25NO2S/c1-4-11-19-12-5-6-16(3)18(19)13-20(14-19)23(21,22)17-9-7-15(2)8-10-17/h4,7-10H,1,5-6,11-14H2,2-3H3. The molecule has 1 aliphatic carbocycles. The minimum Gasteiger partial charge on any atom is -0.207 e. The first-order valence-corrected chi connectivity index (χ1v) is 9.70. The molecular formula is C19H25NO2S. The van der Waals surface area contributed by atoms with Crippen molar-refractivity contribution < 1.29 is 8.42 Å². The van der Waals surface area contributed by atoms with Crippen molar-refractivity contribution in [1.29, 1.82) is 0 Å². The van der Waals surface area contributed by atoms with E-state index in [1.54, 1.807) is 16.4 Å². The molecule has 1 aromatic carbocycles. The Morgan fingerprint density at radius 3 is 2.61 bits per heavy atom. The SMILES string of the molecule is C=CCC12CCCC(C)=C1CN(S(=O)(=O)c1ccc(C)cc1)C2. The summed E-state index contributed by atoms with van der Waals surface area (Å²) in [6.45, 7) is 9.15. The fraction of sp³-hybridized carbons (Fsp3) is 0.474. The van der Waals surface area contributed by atoms with Gasteiger partial charge >= 0.3 is 0 Å². The average Bonchev–Trinajstić information content (AvgIpc) is 2.90. The highest BCUT2D eigenvalue weighted by molar-refractivity contribution is 7.89. The highest BCUT2D eigenvalue weighted by Crippen LogP contribution is 2.49. The summed E-state index contributed by atoms with van der Waals surface area (Å²) in [6.07, 6.45) is 6.10. The van der Waals surface area contributed by atoms with Crippen LogP contribution < -0.4 is 0 Å². The minimum atomic E-state index is -3.43. The lowest BCUT2D eigenvalue weighted by molar-refractivity contribution is 0.302. The van der Waals surface area contributed by atoms with Gasteiger partial charge in [-0.05, 0) is 57.2 Å². The Labute approximate surface area is 139 Å². The zero-order valence-corrected chi connectivity index (χ0v) is 14.8. The van der Waals surface area contributed by atoms with Gasteiger partial charge in [0.05, 0.1) is 4.90 Å². The highest BCUT2D eigenvalue weighted by Gasteiger charge is 2.47. The van der Waals surface area contributed by atoms with Gasteiger partial charge < -0.3 is 0 Å². The second-order valence-corrected chi connectivity index (χ2v) is 8.91. The molecule has 1 aliphatic heterocycles. The first kappa shape index (κ1) is 16.5. The molecule has 1 saturated heterocycles. The van der Waals surface area contributed by atoms with Crippen molar-refractivity contribution in [3.05, 3.63) is 53.6 Å². The number of benzene rings is 1. The average molecular weight is 331 g/mol. The smallest absolute Gasteiger partial charge is 0.207 e. The van der Waals surface area contributed by atoms with E-state index in [1.165, 1.54) is 11.1 Å². The van der Waals surface area contributed by atoms with Crippen molar-refractivity contribution in [2.75, 3.05) is 13.1 Å². The second kappa shape index (κ2) is 5.91. The number of hydrogen-bond acceptors (Lipinski definition) is 2. The zero-order chi connectivity index (χ0) is 16.7. The molecule has 0 N–H and O–H groups in total. The van der Waals surface area contributed by atoms with Crippen LogP contribution >= 0.6 is 0 Å². The Morgan fingerprint density at radius 1 is 1.26 bits per heavy atom. The van der Waals surface area contributed by atoms with Gasteiger partial charge in [0.15, 0.2) is 0 Å². The molecule has 3 rings (SSSR count). The molecule has 2 aliphatic rings. The fourth-order valence-corrected chi connectivity index (χ4v) is 5.58. The summed E-state index contributed by atoms with van der Waals surface area (Å²) in [7, 11) is -3.43. The van der Waals surface area contributed by atoms with Gasteiger partial charge in [-0.15, -0.1) is 6.58 Å². The number of sulfonamides is 1. The van der Waals surface area contributed by atoms with Crippen molar-refractivity contribution in [1.82, 2.24) is 4.31 Å². The number of allylic oxidation sites excluding steroid dienone is 2. The molecule has 23 heavy (non-hydrogen) atoms. The summed E-state index contributed by atoms with van der Waals surface area (Å²) in [5, 5.41) is 0. The lowest BCUT2D eigenvalue weighted by Gasteiger charge is -2.34. The van der Waals surface area contributed by atoms with E-state index in [2.05, 4.69) is 13.5 Å². The molecule has 3 nitrogen and oxygen atoms in total. The number of nitrogens with zero attached hydrogens (tertiary/aromatic N) is 1. The number of fused-ring (bicyclic) bond motifs is 1. The number of hydrogen-bond donors (Lipinski definition) is 0. The van der Waals surface area contributed by atoms with E-state index in [0.717, 1.165) is 31.2 Å². The van der Waals surface area contributed by atoms with Crippen molar-refractivity contribution in [3.8, 4) is 0 Å². The normalized spacial score (nSPS) is 25.5. The maximum atomic E-state index is 13.0. The van der Waals surface area contributed by atoms with Crippen LogP contribution in [-0.2, 0) is 10.0 Å². The highest BCUT2D eigenvalue weighted by atomic mass is 32.2. The van der Waals surface area contributed by atoms with Crippen LogP contribution in [0.3, 0.4) is 0 Å². The maximum Gasteiger partial charge on any atom is 0.243 e. The van der Waals surface area contributed by atoms with E-state index in [4.69, 9.17) is 0 Å². The van der Waals surface area contributed by atoms with Gasteiger partial charge in [0.2, 0.25) is 10.0 Å². The number of rotatable bonds is 4. The summed E-state index contributed by atoms with van der Waals surface area (Å²) in [4.78, 5) is 0.397. The van der Waals surface area contributed by atoms with Crippen molar-refractivity contribution in [3.63, 3.8) is 0 Å². The lowest BCUT2D eigenvalue weighted by atomic mass is 9.70. The van der Waals surface area contributed by atoms with E-state index in [1.807, 2.05) is 25.1 Å². The molecule has 0 saturated carbocycles. The molecule has 0 spiro atoms. The Kier molecular flexibility index (Phi) is 4.23. The van der Waals surface area contributed by atoms with Crippen molar-refractivity contribution in [2.24, 2.45) is 5.41 Å². The van der Waals surface area contributed by atoms with E-state index >= 15 is 0 Å². The first-order chi connectivity index (χ1) is 10.9. The van der Waals surface area contributed by atoms with Gasteiger partial charge in [-0.2, -0.15) is 4.31 Å². The second-order valence-electron chi connectivity index (χ2n) is 6.97. The Hall–Kier alpha value is -1.39. The minimum absolute atomic E-state index is 0.0259. The molecule has 124 valence electrons. The molecular weight excluding hydrogens is 306 g/mol. The Bertz CT molecular complexity index is 746. The molecule has 0 amide bonds. The van der Waals surface area contributed by atoms with Crippen LogP contribution in [0, 0.1) is 12.3 Å². The summed E-state index contributed by atoms with van der Waals surface area (Å²) < 4.78 is 27.7. The summed E-state index contributed by atoms with van der Waals surface area (Å²) >= 11 is 0. The van der Waals surface area contributed by atoms with Crippen molar-refractivity contribution in [2.45, 2.75) is 44.4 Å². The third kappa shape index (κ3) is 2.79. The third-order valence-corrected chi connectivity index (χ3v) is 7.18. The quantitative estimate of drug-likeness (QED) is 0.780. The van der Waals surface area contributed by atoms with Gasteiger partial charge in [-0.25, -0.2) is 8.42 Å². The zero-order valence-electron chi connectivity index (χ0n) is 14.0. The molecule has 1 heterocycles. The van der Waals surface area contributed by atoms with E-state index in [-0.39, 0.29) is 5.41 Å². The van der Waals surface area contributed by atoms with Crippen LogP contribution in [0.4, 0.5) is 0 Å². The van der Waals surface area contributed by atoms with Crippen LogP contribution in [0.25, 0.3) is 0 Å². The van der Waals surface area contributed by atoms with E-state index in [0.29, 0.717) is 18.0 Å². The van der Waals surface area contributed by atoms with Crippen LogP contribution in [0.1, 0.15) is 38.2 Å². The van der Waals surface area contributed by atoms with Gasteiger partial charge in [0, 0.05) is 18.5 Å². The molecule has 0 bridgehead atoms. The summed E-state index contributed by atoms with van der Waals surface area (Å²) in [6, 6.07) is 7.15. The molecule has 1 unspecified atom stereocenters. The molecule has 0 radical (unpaired) electrons. The van der Waals surface area contributed by atoms with Gasteiger partial charge in [-0.3, -0.25) is 0 Å². The van der Waals surface area contributed by atoms with Crippen LogP contribution in [0.5, 0.6) is 0 Å². The fourth-order valence-electron chi connectivity index (χ4n) is 4.09.